The summed E-state index contributed by atoms with van der Waals surface area (Å²) >= 11 is 2.12. The Balaban J connectivity index is 1.91. The van der Waals surface area contributed by atoms with E-state index < -0.39 is 0 Å². The van der Waals surface area contributed by atoms with Gasteiger partial charge in [0.05, 0.1) is 0 Å². The highest BCUT2D eigenvalue weighted by Gasteiger charge is 2.11. The molecule has 0 aromatic heterocycles. The van der Waals surface area contributed by atoms with Crippen LogP contribution in [0.25, 0.3) is 0 Å². The quantitative estimate of drug-likeness (QED) is 0.664. The highest BCUT2D eigenvalue weighted by atomic mass is 32.2. The molecule has 0 radical (unpaired) electrons. The van der Waals surface area contributed by atoms with Gasteiger partial charge in [0.25, 0.3) is 0 Å². The second-order valence-corrected chi connectivity index (χ2v) is 4.73. The maximum absolute atomic E-state index is 3.58. The van der Waals surface area contributed by atoms with E-state index in [0.717, 1.165) is 6.04 Å². The zero-order chi connectivity index (χ0) is 8.65. The molecule has 0 aromatic carbocycles. The van der Waals surface area contributed by atoms with Crippen molar-refractivity contribution in [3.8, 4) is 0 Å². The maximum Gasteiger partial charge on any atom is 0.0158 e. The smallest absolute Gasteiger partial charge is 0.0158 e. The Bertz CT molecular complexity index is 100. The molecule has 12 heavy (non-hydrogen) atoms. The lowest BCUT2D eigenvalue weighted by molar-refractivity contribution is 0.430. The fraction of sp³-hybridized carbons (Fsp3) is 1.00. The number of piperidine rings is 1. The van der Waals surface area contributed by atoms with Gasteiger partial charge in [-0.3, -0.25) is 0 Å². The summed E-state index contributed by atoms with van der Waals surface area (Å²) in [6.45, 7) is 3.51. The molecule has 0 aromatic rings. The summed E-state index contributed by atoms with van der Waals surface area (Å²) in [6.07, 6.45) is 6.95. The number of hydrogen-bond donors (Lipinski definition) is 1. The Hall–Kier alpha value is 0.310. The van der Waals surface area contributed by atoms with E-state index >= 15 is 0 Å². The topological polar surface area (TPSA) is 12.0 Å². The van der Waals surface area contributed by atoms with Gasteiger partial charge in [0.15, 0.2) is 0 Å². The van der Waals surface area contributed by atoms with E-state index in [2.05, 4.69) is 24.0 Å². The van der Waals surface area contributed by atoms with Crippen molar-refractivity contribution in [1.29, 1.82) is 0 Å². The molecular weight excluding hydrogens is 166 g/mol. The summed E-state index contributed by atoms with van der Waals surface area (Å²) < 4.78 is 0. The van der Waals surface area contributed by atoms with Crippen LogP contribution in [-0.2, 0) is 0 Å². The van der Waals surface area contributed by atoms with E-state index in [1.54, 1.807) is 0 Å². The Kier molecular flexibility index (Phi) is 5.88. The molecule has 0 aliphatic carbocycles. The van der Waals surface area contributed by atoms with Crippen LogP contribution in [0.5, 0.6) is 0 Å². The lowest BCUT2D eigenvalue weighted by Crippen LogP contribution is -2.35. The van der Waals surface area contributed by atoms with Gasteiger partial charge >= 0.3 is 0 Å². The van der Waals surface area contributed by atoms with E-state index in [4.69, 9.17) is 0 Å². The maximum atomic E-state index is 3.58. The normalized spacial score (nSPS) is 24.2. The van der Waals surface area contributed by atoms with Crippen molar-refractivity contribution in [2.24, 2.45) is 0 Å². The molecule has 1 unspecified atom stereocenters. The van der Waals surface area contributed by atoms with Crippen molar-refractivity contribution in [2.75, 3.05) is 18.1 Å². The molecule has 0 bridgehead atoms. The third kappa shape index (κ3) is 4.36. The Labute approximate surface area is 80.7 Å². The molecule has 1 heterocycles. The van der Waals surface area contributed by atoms with Gasteiger partial charge in [-0.25, -0.2) is 0 Å². The van der Waals surface area contributed by atoms with Crippen LogP contribution < -0.4 is 5.32 Å². The first-order valence-electron chi connectivity index (χ1n) is 5.24. The number of nitrogens with one attached hydrogen (secondary N) is 1. The average molecular weight is 187 g/mol. The van der Waals surface area contributed by atoms with Crippen molar-refractivity contribution in [1.82, 2.24) is 5.32 Å². The number of hydrogen-bond acceptors (Lipinski definition) is 2. The van der Waals surface area contributed by atoms with Gasteiger partial charge in [0, 0.05) is 11.8 Å². The lowest BCUT2D eigenvalue weighted by atomic mass is 10.1. The molecule has 0 saturated carbocycles. The van der Waals surface area contributed by atoms with Crippen LogP contribution in [0.2, 0.25) is 0 Å². The third-order valence-electron chi connectivity index (χ3n) is 2.37. The first-order valence-corrected chi connectivity index (χ1v) is 6.40. The van der Waals surface area contributed by atoms with E-state index in [-0.39, 0.29) is 0 Å². The van der Waals surface area contributed by atoms with Crippen molar-refractivity contribution < 1.29 is 0 Å². The minimum atomic E-state index is 0.820. The summed E-state index contributed by atoms with van der Waals surface area (Å²) in [5, 5.41) is 3.58. The zero-order valence-corrected chi connectivity index (χ0v) is 8.96. The van der Waals surface area contributed by atoms with Gasteiger partial charge in [0.1, 0.15) is 0 Å². The lowest BCUT2D eigenvalue weighted by Gasteiger charge is -2.22. The highest BCUT2D eigenvalue weighted by molar-refractivity contribution is 7.99. The van der Waals surface area contributed by atoms with Crippen LogP contribution in [0.15, 0.2) is 0 Å². The van der Waals surface area contributed by atoms with Gasteiger partial charge in [-0.05, 0) is 31.6 Å². The van der Waals surface area contributed by atoms with Gasteiger partial charge in [0.2, 0.25) is 0 Å². The average Bonchev–Trinajstić information content (AvgIpc) is 2.14. The minimum absolute atomic E-state index is 0.820. The molecule has 0 spiro atoms. The largest absolute Gasteiger partial charge is 0.313 e. The fourth-order valence-electron chi connectivity index (χ4n) is 1.54. The molecule has 1 rings (SSSR count). The SMILES string of the molecule is CCCCSCC1CCCCN1. The van der Waals surface area contributed by atoms with Crippen LogP contribution in [0.4, 0.5) is 0 Å². The summed E-state index contributed by atoms with van der Waals surface area (Å²) in [7, 11) is 0. The van der Waals surface area contributed by atoms with Crippen molar-refractivity contribution >= 4 is 11.8 Å². The van der Waals surface area contributed by atoms with Crippen LogP contribution in [0.1, 0.15) is 39.0 Å². The molecule has 1 aliphatic heterocycles. The van der Waals surface area contributed by atoms with Crippen molar-refractivity contribution in [3.63, 3.8) is 0 Å². The number of rotatable bonds is 5. The van der Waals surface area contributed by atoms with E-state index in [9.17, 15) is 0 Å². The molecule has 1 atom stereocenters. The van der Waals surface area contributed by atoms with Crippen LogP contribution >= 0.6 is 11.8 Å². The van der Waals surface area contributed by atoms with Gasteiger partial charge in [-0.1, -0.05) is 19.8 Å². The highest BCUT2D eigenvalue weighted by Crippen LogP contribution is 2.13. The summed E-state index contributed by atoms with van der Waals surface area (Å²) in [6, 6.07) is 0.820. The van der Waals surface area contributed by atoms with Crippen molar-refractivity contribution in [3.05, 3.63) is 0 Å². The second kappa shape index (κ2) is 6.79. The first kappa shape index (κ1) is 10.4. The molecule has 2 heteroatoms. The predicted octanol–water partition coefficient (Wildman–Crippen LogP) is 2.66. The van der Waals surface area contributed by atoms with E-state index in [1.165, 1.54) is 50.2 Å². The molecule has 1 nitrogen and oxygen atoms in total. The Morgan fingerprint density at radius 2 is 2.33 bits per heavy atom. The first-order chi connectivity index (χ1) is 5.93. The summed E-state index contributed by atoms with van der Waals surface area (Å²) in [4.78, 5) is 0. The van der Waals surface area contributed by atoms with Gasteiger partial charge in [-0.15, -0.1) is 0 Å². The third-order valence-corrected chi connectivity index (χ3v) is 3.59. The van der Waals surface area contributed by atoms with Crippen molar-refractivity contribution in [2.45, 2.75) is 45.1 Å². The fourth-order valence-corrected chi connectivity index (χ4v) is 2.77. The Morgan fingerprint density at radius 3 is 3.00 bits per heavy atom. The monoisotopic (exact) mass is 187 g/mol. The minimum Gasteiger partial charge on any atom is -0.313 e. The van der Waals surface area contributed by atoms with Crippen LogP contribution in [0, 0.1) is 0 Å². The molecule has 1 saturated heterocycles. The molecule has 0 amide bonds. The van der Waals surface area contributed by atoms with Gasteiger partial charge in [-0.2, -0.15) is 11.8 Å². The van der Waals surface area contributed by atoms with Gasteiger partial charge < -0.3 is 5.32 Å². The zero-order valence-electron chi connectivity index (χ0n) is 8.14. The standard InChI is InChI=1S/C10H21NS/c1-2-3-8-12-9-10-6-4-5-7-11-10/h10-11H,2-9H2,1H3. The number of unbranched alkanes of at least 4 members (excludes halogenated alkanes) is 1. The number of thioether (sulfide) groups is 1. The Morgan fingerprint density at radius 1 is 1.42 bits per heavy atom. The summed E-state index contributed by atoms with van der Waals surface area (Å²) in [5.74, 6) is 2.69. The van der Waals surface area contributed by atoms with Crippen LogP contribution in [0.3, 0.4) is 0 Å². The second-order valence-electron chi connectivity index (χ2n) is 3.58. The molecule has 72 valence electrons. The predicted molar refractivity (Wildman–Crippen MR) is 57.9 cm³/mol. The molecule has 1 N–H and O–H groups in total. The van der Waals surface area contributed by atoms with Crippen LogP contribution in [-0.4, -0.2) is 24.1 Å². The summed E-state index contributed by atoms with van der Waals surface area (Å²) in [5.41, 5.74) is 0. The molecular formula is C10H21NS. The molecule has 1 fully saturated rings. The molecule has 1 aliphatic rings. The van der Waals surface area contributed by atoms with E-state index in [1.807, 2.05) is 0 Å². The van der Waals surface area contributed by atoms with E-state index in [0.29, 0.717) is 0 Å².